The molecule has 24 heavy (non-hydrogen) atoms. The molecule has 0 spiro atoms. The van der Waals surface area contributed by atoms with Crippen molar-refractivity contribution < 1.29 is 0 Å². The summed E-state index contributed by atoms with van der Waals surface area (Å²) < 4.78 is 0. The van der Waals surface area contributed by atoms with Gasteiger partial charge in [-0.15, -0.1) is 21.5 Å². The molecule has 1 aliphatic carbocycles. The molecule has 6 heteroatoms. The minimum absolute atomic E-state index is 0.847. The molecule has 0 unspecified atom stereocenters. The highest BCUT2D eigenvalue weighted by atomic mass is 32.1. The molecule has 0 atom stereocenters. The fourth-order valence-corrected chi connectivity index (χ4v) is 4.91. The molecule has 4 nitrogen and oxygen atoms in total. The van der Waals surface area contributed by atoms with Gasteiger partial charge in [0.1, 0.15) is 5.01 Å². The van der Waals surface area contributed by atoms with E-state index in [1.165, 1.54) is 46.8 Å². The highest BCUT2D eigenvalue weighted by Crippen LogP contribution is 2.27. The van der Waals surface area contributed by atoms with Gasteiger partial charge in [-0.05, 0) is 31.2 Å². The fraction of sp³-hybridized carbons (Fsp3) is 0.389. The van der Waals surface area contributed by atoms with Gasteiger partial charge in [-0.25, -0.2) is 4.98 Å². The maximum atomic E-state index is 4.79. The second-order valence-electron chi connectivity index (χ2n) is 6.02. The van der Waals surface area contributed by atoms with E-state index in [1.54, 1.807) is 11.3 Å². The van der Waals surface area contributed by atoms with Gasteiger partial charge in [-0.1, -0.05) is 41.7 Å². The average Bonchev–Trinajstić information content (AvgIpc) is 3.22. The third kappa shape index (κ3) is 3.82. The van der Waals surface area contributed by atoms with Crippen molar-refractivity contribution in [1.29, 1.82) is 0 Å². The van der Waals surface area contributed by atoms with Crippen molar-refractivity contribution in [3.05, 3.63) is 56.5 Å². The first-order valence-corrected chi connectivity index (χ1v) is 10.1. The lowest BCUT2D eigenvalue weighted by molar-refractivity contribution is 0.680. The van der Waals surface area contributed by atoms with Crippen LogP contribution < -0.4 is 5.32 Å². The van der Waals surface area contributed by atoms with Crippen molar-refractivity contribution in [2.45, 2.75) is 38.5 Å². The van der Waals surface area contributed by atoms with Gasteiger partial charge in [0.25, 0.3) is 0 Å². The Labute approximate surface area is 150 Å². The molecule has 3 aromatic rings. The second-order valence-corrected chi connectivity index (χ2v) is 8.25. The highest BCUT2D eigenvalue weighted by molar-refractivity contribution is 7.15. The van der Waals surface area contributed by atoms with Crippen molar-refractivity contribution in [3.63, 3.8) is 0 Å². The monoisotopic (exact) mass is 356 g/mol. The molecule has 4 rings (SSSR count). The van der Waals surface area contributed by atoms with E-state index in [2.05, 4.69) is 39.8 Å². The fourth-order valence-electron chi connectivity index (χ4n) is 2.96. The molecule has 1 N–H and O–H groups in total. The third-order valence-electron chi connectivity index (χ3n) is 4.17. The maximum Gasteiger partial charge on any atom is 0.205 e. The van der Waals surface area contributed by atoms with Crippen molar-refractivity contribution in [2.75, 3.05) is 11.9 Å². The molecule has 1 aliphatic rings. The first-order chi connectivity index (χ1) is 11.9. The molecule has 1 aromatic carbocycles. The maximum absolute atomic E-state index is 4.79. The Morgan fingerprint density at radius 3 is 2.71 bits per heavy atom. The van der Waals surface area contributed by atoms with Crippen LogP contribution in [0.5, 0.6) is 0 Å². The third-order valence-corrected chi connectivity index (χ3v) is 6.27. The number of rotatable bonds is 6. The molecule has 0 amide bonds. The molecule has 124 valence electrons. The zero-order valence-corrected chi connectivity index (χ0v) is 15.1. The van der Waals surface area contributed by atoms with Crippen LogP contribution in [0.3, 0.4) is 0 Å². The van der Waals surface area contributed by atoms with Crippen LogP contribution in [0.1, 0.15) is 39.0 Å². The normalized spacial score (nSPS) is 13.7. The summed E-state index contributed by atoms with van der Waals surface area (Å²) in [5, 5.41) is 15.1. The molecule has 0 bridgehead atoms. The number of thiazole rings is 1. The van der Waals surface area contributed by atoms with Gasteiger partial charge in [0.15, 0.2) is 0 Å². The first-order valence-electron chi connectivity index (χ1n) is 8.44. The summed E-state index contributed by atoms with van der Waals surface area (Å²) in [5.74, 6) is 0. The van der Waals surface area contributed by atoms with Gasteiger partial charge >= 0.3 is 0 Å². The number of nitrogens with one attached hydrogen (secondary N) is 1. The first kappa shape index (κ1) is 15.7. The molecular weight excluding hydrogens is 336 g/mol. The molecule has 2 aromatic heterocycles. The number of fused-ring (bicyclic) bond motifs is 1. The summed E-state index contributed by atoms with van der Waals surface area (Å²) in [5.41, 5.74) is 2.62. The quantitative estimate of drug-likeness (QED) is 0.722. The summed E-state index contributed by atoms with van der Waals surface area (Å²) in [6.07, 6.45) is 6.81. The van der Waals surface area contributed by atoms with E-state index in [-0.39, 0.29) is 0 Å². The molecule has 0 fully saturated rings. The van der Waals surface area contributed by atoms with Gasteiger partial charge in [0, 0.05) is 24.3 Å². The lowest BCUT2D eigenvalue weighted by Gasteiger charge is -2.06. The van der Waals surface area contributed by atoms with Crippen molar-refractivity contribution in [2.24, 2.45) is 0 Å². The van der Waals surface area contributed by atoms with Gasteiger partial charge < -0.3 is 5.32 Å². The van der Waals surface area contributed by atoms with Crippen LogP contribution >= 0.6 is 22.7 Å². The average molecular weight is 357 g/mol. The molecule has 2 heterocycles. The van der Waals surface area contributed by atoms with E-state index in [9.17, 15) is 0 Å². The lowest BCUT2D eigenvalue weighted by Crippen LogP contribution is -2.04. The van der Waals surface area contributed by atoms with Crippen LogP contribution in [-0.2, 0) is 25.7 Å². The number of hydrogen-bond acceptors (Lipinski definition) is 6. The summed E-state index contributed by atoms with van der Waals surface area (Å²) in [4.78, 5) is 6.30. The Hall–Kier alpha value is -1.79. The summed E-state index contributed by atoms with van der Waals surface area (Å²) in [6.45, 7) is 0.867. The topological polar surface area (TPSA) is 50.7 Å². The predicted octanol–water partition coefficient (Wildman–Crippen LogP) is 4.12. The Balaban J connectivity index is 1.29. The SMILES string of the molecule is c1ccc(Cc2nnc(NCCc3nc4c(s3)CCCC4)s2)cc1. The Morgan fingerprint density at radius 2 is 1.83 bits per heavy atom. The Kier molecular flexibility index (Phi) is 4.85. The smallest absolute Gasteiger partial charge is 0.205 e. The largest absolute Gasteiger partial charge is 0.360 e. The highest BCUT2D eigenvalue weighted by Gasteiger charge is 2.14. The van der Waals surface area contributed by atoms with E-state index in [0.29, 0.717) is 0 Å². The lowest BCUT2D eigenvalue weighted by atomic mass is 10.0. The summed E-state index contributed by atoms with van der Waals surface area (Å²) in [7, 11) is 0. The van der Waals surface area contributed by atoms with E-state index >= 15 is 0 Å². The van der Waals surface area contributed by atoms with Crippen molar-refractivity contribution >= 4 is 27.8 Å². The zero-order chi connectivity index (χ0) is 16.2. The summed E-state index contributed by atoms with van der Waals surface area (Å²) >= 11 is 3.53. The van der Waals surface area contributed by atoms with Crippen LogP contribution in [0.2, 0.25) is 0 Å². The molecule has 0 saturated carbocycles. The van der Waals surface area contributed by atoms with E-state index in [0.717, 1.165) is 29.5 Å². The van der Waals surface area contributed by atoms with Gasteiger partial charge in [0.2, 0.25) is 5.13 Å². The Bertz CT molecular complexity index is 771. The van der Waals surface area contributed by atoms with Crippen LogP contribution in [0.4, 0.5) is 5.13 Å². The van der Waals surface area contributed by atoms with Gasteiger partial charge in [-0.3, -0.25) is 0 Å². The number of benzene rings is 1. The molecule has 0 radical (unpaired) electrons. The number of hydrogen-bond donors (Lipinski definition) is 1. The molecule has 0 aliphatic heterocycles. The second kappa shape index (κ2) is 7.40. The minimum atomic E-state index is 0.847. The number of anilines is 1. The van der Waals surface area contributed by atoms with Crippen LogP contribution in [0.25, 0.3) is 0 Å². The number of nitrogens with zero attached hydrogens (tertiary/aromatic N) is 3. The van der Waals surface area contributed by atoms with Crippen molar-refractivity contribution in [3.8, 4) is 0 Å². The zero-order valence-electron chi connectivity index (χ0n) is 13.5. The Morgan fingerprint density at radius 1 is 0.958 bits per heavy atom. The molecular formula is C18H20N4S2. The van der Waals surface area contributed by atoms with E-state index in [4.69, 9.17) is 4.98 Å². The number of aromatic nitrogens is 3. The van der Waals surface area contributed by atoms with Crippen molar-refractivity contribution in [1.82, 2.24) is 15.2 Å². The molecule has 0 saturated heterocycles. The van der Waals surface area contributed by atoms with E-state index < -0.39 is 0 Å². The number of aryl methyl sites for hydroxylation is 2. The van der Waals surface area contributed by atoms with Gasteiger partial charge in [0.05, 0.1) is 10.7 Å². The standard InChI is InChI=1S/C18H20N4S2/c1-2-6-13(7-3-1)12-17-21-22-18(24-17)19-11-10-16-20-14-8-4-5-9-15(14)23-16/h1-3,6-7H,4-5,8-12H2,(H,19,22). The van der Waals surface area contributed by atoms with Crippen LogP contribution in [-0.4, -0.2) is 21.7 Å². The van der Waals surface area contributed by atoms with E-state index in [1.807, 2.05) is 17.4 Å². The van der Waals surface area contributed by atoms with Gasteiger partial charge in [-0.2, -0.15) is 0 Å². The summed E-state index contributed by atoms with van der Waals surface area (Å²) in [6, 6.07) is 10.4. The van der Waals surface area contributed by atoms with Crippen LogP contribution in [0, 0.1) is 0 Å². The minimum Gasteiger partial charge on any atom is -0.360 e. The predicted molar refractivity (Wildman–Crippen MR) is 100 cm³/mol. The van der Waals surface area contributed by atoms with Crippen LogP contribution in [0.15, 0.2) is 30.3 Å².